The summed E-state index contributed by atoms with van der Waals surface area (Å²) in [6, 6.07) is 8.19. The molecule has 2 atom stereocenters. The fraction of sp³-hybridized carbons (Fsp3) is 0.429. The lowest BCUT2D eigenvalue weighted by Gasteiger charge is -2.48. The van der Waals surface area contributed by atoms with E-state index in [1.807, 2.05) is 0 Å². The van der Waals surface area contributed by atoms with E-state index in [2.05, 4.69) is 10.2 Å². The van der Waals surface area contributed by atoms with Crippen molar-refractivity contribution >= 4 is 23.2 Å². The number of nitro groups is 1. The summed E-state index contributed by atoms with van der Waals surface area (Å²) in [7, 11) is 0. The first-order chi connectivity index (χ1) is 14.5. The number of anilines is 1. The van der Waals surface area contributed by atoms with Crippen LogP contribution in [0.5, 0.6) is 0 Å². The molecule has 0 spiro atoms. The summed E-state index contributed by atoms with van der Waals surface area (Å²) < 4.78 is 5.26. The zero-order valence-corrected chi connectivity index (χ0v) is 16.3. The number of benzene rings is 1. The van der Waals surface area contributed by atoms with Crippen molar-refractivity contribution < 1.29 is 18.9 Å². The summed E-state index contributed by atoms with van der Waals surface area (Å²) in [5.41, 5.74) is 1.74. The third kappa shape index (κ3) is 3.30. The molecule has 0 bridgehead atoms. The first-order valence-electron chi connectivity index (χ1n) is 10.2. The fourth-order valence-corrected chi connectivity index (χ4v) is 4.50. The van der Waals surface area contributed by atoms with Gasteiger partial charge < -0.3 is 19.5 Å². The molecule has 1 aliphatic carbocycles. The Morgan fingerprint density at radius 2 is 2.03 bits per heavy atom. The highest BCUT2D eigenvalue weighted by Crippen LogP contribution is 2.38. The second-order valence-corrected chi connectivity index (χ2v) is 8.15. The molecular formula is C21H22N4O5. The van der Waals surface area contributed by atoms with Crippen LogP contribution in [0.1, 0.15) is 29.0 Å². The molecule has 9 heteroatoms. The van der Waals surface area contributed by atoms with Gasteiger partial charge in [0, 0.05) is 43.5 Å². The van der Waals surface area contributed by atoms with E-state index < -0.39 is 4.92 Å². The first-order valence-corrected chi connectivity index (χ1v) is 10.2. The molecule has 1 aromatic carbocycles. The maximum absolute atomic E-state index is 13.0. The van der Waals surface area contributed by atoms with E-state index in [1.54, 1.807) is 29.2 Å². The van der Waals surface area contributed by atoms with Crippen molar-refractivity contribution in [3.05, 3.63) is 58.0 Å². The number of non-ortho nitro benzene ring substituents is 1. The highest BCUT2D eigenvalue weighted by Gasteiger charge is 2.44. The van der Waals surface area contributed by atoms with Crippen LogP contribution in [-0.4, -0.2) is 53.4 Å². The van der Waals surface area contributed by atoms with Crippen molar-refractivity contribution in [1.29, 1.82) is 0 Å². The zero-order chi connectivity index (χ0) is 20.8. The Labute approximate surface area is 172 Å². The Balaban J connectivity index is 1.46. The molecule has 30 heavy (non-hydrogen) atoms. The van der Waals surface area contributed by atoms with Gasteiger partial charge in [-0.25, -0.2) is 0 Å². The molecule has 3 heterocycles. The SMILES string of the molecule is O=C(NC1CC1)C1Cc2cc([N+](=O)[O-])ccc2N2CCN(C(=O)c3ccco3)CC12. The third-order valence-electron chi connectivity index (χ3n) is 6.19. The second kappa shape index (κ2) is 7.16. The van der Waals surface area contributed by atoms with Gasteiger partial charge in [0.25, 0.3) is 11.6 Å². The normalized spacial score (nSPS) is 22.8. The molecule has 9 nitrogen and oxygen atoms in total. The molecule has 2 aliphatic heterocycles. The summed E-state index contributed by atoms with van der Waals surface area (Å²) in [5, 5.41) is 14.3. The van der Waals surface area contributed by atoms with Crippen molar-refractivity contribution in [1.82, 2.24) is 10.2 Å². The maximum Gasteiger partial charge on any atom is 0.289 e. The van der Waals surface area contributed by atoms with Gasteiger partial charge in [-0.05, 0) is 43.0 Å². The number of amides is 2. The van der Waals surface area contributed by atoms with Gasteiger partial charge in [0.1, 0.15) is 0 Å². The number of fused-ring (bicyclic) bond motifs is 3. The Hall–Kier alpha value is -3.36. The Kier molecular flexibility index (Phi) is 4.45. The van der Waals surface area contributed by atoms with Crippen LogP contribution in [0, 0.1) is 16.0 Å². The van der Waals surface area contributed by atoms with Crippen LogP contribution in [-0.2, 0) is 11.2 Å². The highest BCUT2D eigenvalue weighted by molar-refractivity contribution is 5.92. The maximum atomic E-state index is 13.0. The van der Waals surface area contributed by atoms with Crippen LogP contribution in [0.3, 0.4) is 0 Å². The summed E-state index contributed by atoms with van der Waals surface area (Å²) in [6.07, 6.45) is 3.86. The number of nitrogens with zero attached hydrogens (tertiary/aromatic N) is 3. The van der Waals surface area contributed by atoms with Crippen molar-refractivity contribution in [3.63, 3.8) is 0 Å². The predicted molar refractivity (Wildman–Crippen MR) is 107 cm³/mol. The lowest BCUT2D eigenvalue weighted by atomic mass is 9.83. The molecule has 2 aromatic rings. The van der Waals surface area contributed by atoms with Crippen LogP contribution in [0.15, 0.2) is 41.0 Å². The van der Waals surface area contributed by atoms with E-state index >= 15 is 0 Å². The molecular weight excluding hydrogens is 388 g/mol. The molecule has 1 saturated carbocycles. The minimum absolute atomic E-state index is 0.0279. The van der Waals surface area contributed by atoms with Gasteiger partial charge in [0.05, 0.1) is 23.1 Å². The van der Waals surface area contributed by atoms with Gasteiger partial charge in [-0.2, -0.15) is 0 Å². The van der Waals surface area contributed by atoms with Gasteiger partial charge in [0.2, 0.25) is 5.91 Å². The predicted octanol–water partition coefficient (Wildman–Crippen LogP) is 1.97. The van der Waals surface area contributed by atoms with E-state index in [4.69, 9.17) is 4.42 Å². The van der Waals surface area contributed by atoms with E-state index in [0.29, 0.717) is 26.1 Å². The van der Waals surface area contributed by atoms with Gasteiger partial charge in [0.15, 0.2) is 5.76 Å². The Morgan fingerprint density at radius 3 is 2.73 bits per heavy atom. The molecule has 1 saturated heterocycles. The number of piperazine rings is 1. The minimum atomic E-state index is -0.411. The first kappa shape index (κ1) is 18.7. The van der Waals surface area contributed by atoms with Crippen LogP contribution in [0.4, 0.5) is 11.4 Å². The van der Waals surface area contributed by atoms with E-state index in [-0.39, 0.29) is 41.3 Å². The molecule has 1 N–H and O–H groups in total. The Morgan fingerprint density at radius 1 is 1.20 bits per heavy atom. The number of nitro benzene ring substituents is 1. The lowest BCUT2D eigenvalue weighted by Crippen LogP contribution is -2.62. The van der Waals surface area contributed by atoms with E-state index in [0.717, 1.165) is 24.1 Å². The van der Waals surface area contributed by atoms with Crippen LogP contribution >= 0.6 is 0 Å². The monoisotopic (exact) mass is 410 g/mol. The van der Waals surface area contributed by atoms with Gasteiger partial charge >= 0.3 is 0 Å². The number of nitrogens with one attached hydrogen (secondary N) is 1. The molecule has 2 unspecified atom stereocenters. The summed E-state index contributed by atoms with van der Waals surface area (Å²) in [6.45, 7) is 1.44. The Bertz CT molecular complexity index is 1000. The van der Waals surface area contributed by atoms with Crippen molar-refractivity contribution in [2.45, 2.75) is 31.3 Å². The number of carbonyl (C=O) groups is 2. The molecule has 2 amide bonds. The average molecular weight is 410 g/mol. The summed E-state index contributed by atoms with van der Waals surface area (Å²) >= 11 is 0. The van der Waals surface area contributed by atoms with E-state index in [1.165, 1.54) is 12.3 Å². The molecule has 3 aliphatic rings. The van der Waals surface area contributed by atoms with Crippen molar-refractivity contribution in [2.24, 2.45) is 5.92 Å². The number of furan rings is 1. The highest BCUT2D eigenvalue weighted by atomic mass is 16.6. The quantitative estimate of drug-likeness (QED) is 0.610. The molecule has 0 radical (unpaired) electrons. The van der Waals surface area contributed by atoms with Crippen molar-refractivity contribution in [2.75, 3.05) is 24.5 Å². The van der Waals surface area contributed by atoms with Gasteiger partial charge in [-0.1, -0.05) is 0 Å². The second-order valence-electron chi connectivity index (χ2n) is 8.15. The zero-order valence-electron chi connectivity index (χ0n) is 16.3. The standard InChI is InChI=1S/C21H22N4O5/c26-20(22-14-3-4-14)16-11-13-10-15(25(28)29)5-6-17(13)24-8-7-23(12-18(16)24)21(27)19-2-1-9-30-19/h1-2,5-6,9-10,14,16,18H,3-4,7-8,11-12H2,(H,22,26). The third-order valence-corrected chi connectivity index (χ3v) is 6.19. The van der Waals surface area contributed by atoms with Crippen LogP contribution in [0.2, 0.25) is 0 Å². The number of hydrogen-bond donors (Lipinski definition) is 1. The number of hydrogen-bond acceptors (Lipinski definition) is 6. The summed E-state index contributed by atoms with van der Waals surface area (Å²) in [4.78, 5) is 40.5. The lowest BCUT2D eigenvalue weighted by molar-refractivity contribution is -0.384. The minimum Gasteiger partial charge on any atom is -0.459 e. The van der Waals surface area contributed by atoms with Gasteiger partial charge in [-0.15, -0.1) is 0 Å². The molecule has 5 rings (SSSR count). The molecule has 1 aromatic heterocycles. The van der Waals surface area contributed by atoms with E-state index in [9.17, 15) is 19.7 Å². The van der Waals surface area contributed by atoms with Gasteiger partial charge in [-0.3, -0.25) is 19.7 Å². The smallest absolute Gasteiger partial charge is 0.289 e. The molecule has 2 fully saturated rings. The van der Waals surface area contributed by atoms with Crippen LogP contribution < -0.4 is 10.2 Å². The average Bonchev–Trinajstić information content (AvgIpc) is 3.39. The fourth-order valence-electron chi connectivity index (χ4n) is 4.50. The van der Waals surface area contributed by atoms with Crippen molar-refractivity contribution in [3.8, 4) is 0 Å². The number of rotatable bonds is 4. The van der Waals surface area contributed by atoms with Crippen LogP contribution in [0.25, 0.3) is 0 Å². The topological polar surface area (TPSA) is 109 Å². The molecule has 156 valence electrons. The number of carbonyl (C=O) groups excluding carboxylic acids is 2. The summed E-state index contributed by atoms with van der Waals surface area (Å²) in [5.74, 6) is -0.325. The largest absolute Gasteiger partial charge is 0.459 e.